The molecule has 1 aliphatic carbocycles. The highest BCUT2D eigenvalue weighted by Gasteiger charge is 2.33. The molecule has 1 saturated carbocycles. The molecule has 1 fully saturated rings. The molecule has 1 aromatic heterocycles. The lowest BCUT2D eigenvalue weighted by Crippen LogP contribution is -2.45. The fourth-order valence-corrected chi connectivity index (χ4v) is 4.36. The second-order valence-corrected chi connectivity index (χ2v) is 10.9. The average molecular weight is 396 g/mol. The van der Waals surface area contributed by atoms with Gasteiger partial charge < -0.3 is 4.98 Å². The lowest BCUT2D eigenvalue weighted by atomic mass is 9.86. The number of H-pyrrole nitrogens is 1. The molecule has 0 unspecified atom stereocenters. The number of imidazole rings is 1. The number of aromatic nitrogens is 2. The maximum absolute atomic E-state index is 12.3. The van der Waals surface area contributed by atoms with E-state index in [-0.39, 0.29) is 6.04 Å². The van der Waals surface area contributed by atoms with Gasteiger partial charge in [-0.15, -0.1) is 0 Å². The summed E-state index contributed by atoms with van der Waals surface area (Å²) in [6.07, 6.45) is 5.36. The molecule has 2 N–H and O–H groups in total. The Morgan fingerprint density at radius 1 is 1.12 bits per heavy atom. The number of hydrogen-bond donors (Lipinski definition) is 2. The quantitative estimate of drug-likeness (QED) is 0.801. The van der Waals surface area contributed by atoms with Gasteiger partial charge in [-0.3, -0.25) is 0 Å². The Kier molecular flexibility index (Phi) is 5.47. The third-order valence-corrected chi connectivity index (χ3v) is 7.50. The van der Waals surface area contributed by atoms with Gasteiger partial charge in [-0.05, 0) is 64.2 Å². The van der Waals surface area contributed by atoms with E-state index >= 15 is 0 Å². The van der Waals surface area contributed by atoms with Gasteiger partial charge in [-0.25, -0.2) is 18.1 Å². The van der Waals surface area contributed by atoms with Crippen molar-refractivity contribution in [1.29, 1.82) is 0 Å². The Morgan fingerprint density at radius 2 is 1.73 bits per heavy atom. The normalized spacial score (nSPS) is 21.7. The highest BCUT2D eigenvalue weighted by Crippen LogP contribution is 2.33. The molecular weight excluding hydrogens is 370 g/mol. The number of halogens is 1. The van der Waals surface area contributed by atoms with Crippen molar-refractivity contribution in [2.45, 2.75) is 63.2 Å². The minimum atomic E-state index is -3.30. The largest absolute Gasteiger partial charge is 0.342 e. The van der Waals surface area contributed by atoms with Crippen LogP contribution in [0.3, 0.4) is 0 Å². The highest BCUT2D eigenvalue weighted by atomic mass is 35.5. The van der Waals surface area contributed by atoms with Gasteiger partial charge in [0.25, 0.3) is 0 Å². The monoisotopic (exact) mass is 395 g/mol. The fraction of sp³-hybridized carbons (Fsp3) is 0.526. The molecule has 7 heteroatoms. The zero-order valence-corrected chi connectivity index (χ0v) is 17.0. The third kappa shape index (κ3) is 4.30. The zero-order chi connectivity index (χ0) is 18.9. The van der Waals surface area contributed by atoms with Crippen LogP contribution in [-0.2, 0) is 10.0 Å². The van der Waals surface area contributed by atoms with E-state index in [9.17, 15) is 8.42 Å². The number of aromatic amines is 1. The predicted molar refractivity (Wildman–Crippen MR) is 106 cm³/mol. The van der Waals surface area contributed by atoms with E-state index in [2.05, 4.69) is 14.7 Å². The first-order chi connectivity index (χ1) is 12.2. The molecule has 0 atom stereocenters. The number of benzene rings is 1. The van der Waals surface area contributed by atoms with Gasteiger partial charge in [0, 0.05) is 17.0 Å². The van der Waals surface area contributed by atoms with Gasteiger partial charge in [0.05, 0.1) is 16.6 Å². The molecule has 1 heterocycles. The van der Waals surface area contributed by atoms with Crippen LogP contribution in [0.2, 0.25) is 5.02 Å². The first-order valence-electron chi connectivity index (χ1n) is 8.98. The molecular formula is C19H26ClN3O2S. The Labute approximate surface area is 160 Å². The van der Waals surface area contributed by atoms with Gasteiger partial charge in [0.15, 0.2) is 0 Å². The van der Waals surface area contributed by atoms with Crippen LogP contribution in [0.5, 0.6) is 0 Å². The molecule has 0 amide bonds. The lowest BCUT2D eigenvalue weighted by Gasteiger charge is -2.30. The fourth-order valence-electron chi connectivity index (χ4n) is 3.20. The van der Waals surface area contributed by atoms with Crippen molar-refractivity contribution < 1.29 is 8.42 Å². The molecule has 142 valence electrons. The van der Waals surface area contributed by atoms with E-state index in [0.29, 0.717) is 10.9 Å². The van der Waals surface area contributed by atoms with Gasteiger partial charge in [0.2, 0.25) is 10.0 Å². The number of sulfonamides is 1. The van der Waals surface area contributed by atoms with Gasteiger partial charge in [-0.2, -0.15) is 0 Å². The van der Waals surface area contributed by atoms with Crippen molar-refractivity contribution in [3.8, 4) is 11.3 Å². The Morgan fingerprint density at radius 3 is 2.31 bits per heavy atom. The van der Waals surface area contributed by atoms with Crippen molar-refractivity contribution in [3.63, 3.8) is 0 Å². The summed E-state index contributed by atoms with van der Waals surface area (Å²) in [7, 11) is -3.30. The summed E-state index contributed by atoms with van der Waals surface area (Å²) in [5, 5.41) is 0.713. The van der Waals surface area contributed by atoms with Crippen molar-refractivity contribution in [2.24, 2.45) is 0 Å². The topological polar surface area (TPSA) is 74.8 Å². The minimum absolute atomic E-state index is 0.0150. The molecule has 2 aromatic rings. The van der Waals surface area contributed by atoms with Crippen LogP contribution in [0.1, 0.15) is 58.2 Å². The SMILES string of the molecule is CC(C)(C)S(=O)(=O)NC1CCC(c2ncc(-c3ccc(Cl)cc3)[nH]2)CC1. The standard InChI is InChI=1S/C19H26ClN3O2S/c1-19(2,3)26(24,25)23-16-10-6-14(7-11-16)18-21-12-17(22-18)13-4-8-15(20)9-5-13/h4-5,8-9,12,14,16,23H,6-7,10-11H2,1-3H3,(H,21,22). The second kappa shape index (κ2) is 7.33. The first-order valence-corrected chi connectivity index (χ1v) is 10.8. The highest BCUT2D eigenvalue weighted by molar-refractivity contribution is 7.90. The molecule has 3 rings (SSSR count). The number of hydrogen-bond acceptors (Lipinski definition) is 3. The number of nitrogens with one attached hydrogen (secondary N) is 2. The molecule has 1 aromatic carbocycles. The van der Waals surface area contributed by atoms with Crippen molar-refractivity contribution >= 4 is 21.6 Å². The summed E-state index contributed by atoms with van der Waals surface area (Å²) >= 11 is 5.94. The Hall–Kier alpha value is -1.37. The van der Waals surface area contributed by atoms with E-state index in [1.54, 1.807) is 20.8 Å². The Balaban J connectivity index is 1.61. The van der Waals surface area contributed by atoms with Crippen molar-refractivity contribution in [1.82, 2.24) is 14.7 Å². The molecule has 26 heavy (non-hydrogen) atoms. The van der Waals surface area contributed by atoms with Gasteiger partial charge in [-0.1, -0.05) is 23.7 Å². The Bertz CT molecular complexity index is 846. The number of nitrogens with zero attached hydrogens (tertiary/aromatic N) is 1. The molecule has 0 saturated heterocycles. The molecule has 5 nitrogen and oxygen atoms in total. The van der Waals surface area contributed by atoms with Crippen LogP contribution in [0.15, 0.2) is 30.5 Å². The van der Waals surface area contributed by atoms with Crippen LogP contribution in [0, 0.1) is 0 Å². The van der Waals surface area contributed by atoms with Crippen LogP contribution in [0.25, 0.3) is 11.3 Å². The maximum atomic E-state index is 12.3. The predicted octanol–water partition coefficient (Wildman–Crippen LogP) is 4.47. The van der Waals surface area contributed by atoms with E-state index in [0.717, 1.165) is 42.8 Å². The van der Waals surface area contributed by atoms with E-state index < -0.39 is 14.8 Å². The van der Waals surface area contributed by atoms with Gasteiger partial charge in [0.1, 0.15) is 5.82 Å². The molecule has 0 bridgehead atoms. The van der Waals surface area contributed by atoms with Gasteiger partial charge >= 0.3 is 0 Å². The molecule has 1 aliphatic rings. The smallest absolute Gasteiger partial charge is 0.216 e. The van der Waals surface area contributed by atoms with Crippen LogP contribution in [-0.4, -0.2) is 29.2 Å². The van der Waals surface area contributed by atoms with E-state index in [4.69, 9.17) is 11.6 Å². The summed E-state index contributed by atoms with van der Waals surface area (Å²) in [5.74, 6) is 1.32. The minimum Gasteiger partial charge on any atom is -0.342 e. The number of rotatable bonds is 4. The molecule has 0 aliphatic heterocycles. The third-order valence-electron chi connectivity index (χ3n) is 4.99. The molecule has 0 spiro atoms. The second-order valence-electron chi connectivity index (χ2n) is 7.97. The summed E-state index contributed by atoms with van der Waals surface area (Å²) in [6, 6.07) is 7.69. The average Bonchev–Trinajstić information content (AvgIpc) is 3.05. The maximum Gasteiger partial charge on any atom is 0.216 e. The van der Waals surface area contributed by atoms with E-state index in [1.165, 1.54) is 0 Å². The summed E-state index contributed by atoms with van der Waals surface area (Å²) in [4.78, 5) is 7.96. The molecule has 0 radical (unpaired) electrons. The van der Waals surface area contributed by atoms with E-state index in [1.807, 2.05) is 30.5 Å². The summed E-state index contributed by atoms with van der Waals surface area (Å²) in [6.45, 7) is 5.17. The van der Waals surface area contributed by atoms with Crippen LogP contribution in [0.4, 0.5) is 0 Å². The van der Waals surface area contributed by atoms with Crippen LogP contribution < -0.4 is 4.72 Å². The van der Waals surface area contributed by atoms with Crippen molar-refractivity contribution in [2.75, 3.05) is 0 Å². The summed E-state index contributed by atoms with van der Waals surface area (Å²) in [5.41, 5.74) is 2.03. The van der Waals surface area contributed by atoms with Crippen LogP contribution >= 0.6 is 11.6 Å². The zero-order valence-electron chi connectivity index (χ0n) is 15.4. The summed E-state index contributed by atoms with van der Waals surface area (Å²) < 4.78 is 26.7. The first kappa shape index (κ1) is 19.4. The van der Waals surface area contributed by atoms with Crippen molar-refractivity contribution in [3.05, 3.63) is 41.3 Å². The lowest BCUT2D eigenvalue weighted by molar-refractivity contribution is 0.364.